The number of sulfone groups is 1. The molecule has 0 saturated carbocycles. The SMILES string of the molecule is O=C(NC(=S)N[C@@H]1CCS(=O)(=O)C1)c1ccccc1. The van der Waals surface area contributed by atoms with Gasteiger partial charge in [-0.3, -0.25) is 10.1 Å². The Bertz CT molecular complexity index is 584. The van der Waals surface area contributed by atoms with Crippen LogP contribution in [0.5, 0.6) is 0 Å². The fourth-order valence-electron chi connectivity index (χ4n) is 1.90. The van der Waals surface area contributed by atoms with Crippen molar-refractivity contribution in [3.8, 4) is 0 Å². The number of nitrogens with one attached hydrogen (secondary N) is 2. The van der Waals surface area contributed by atoms with Crippen molar-refractivity contribution in [3.05, 3.63) is 35.9 Å². The van der Waals surface area contributed by atoms with Gasteiger partial charge >= 0.3 is 0 Å². The van der Waals surface area contributed by atoms with Crippen molar-refractivity contribution >= 4 is 33.1 Å². The molecule has 0 spiro atoms. The summed E-state index contributed by atoms with van der Waals surface area (Å²) in [6, 6.07) is 8.48. The molecular weight excluding hydrogens is 284 g/mol. The number of hydrogen-bond acceptors (Lipinski definition) is 4. The molecule has 1 fully saturated rings. The van der Waals surface area contributed by atoms with Crippen LogP contribution in [0.1, 0.15) is 16.8 Å². The molecule has 7 heteroatoms. The maximum atomic E-state index is 11.8. The number of hydrogen-bond donors (Lipinski definition) is 2. The summed E-state index contributed by atoms with van der Waals surface area (Å²) in [4.78, 5) is 11.8. The summed E-state index contributed by atoms with van der Waals surface area (Å²) in [5, 5.41) is 5.56. The molecule has 1 aromatic rings. The Hall–Kier alpha value is -1.47. The first-order chi connectivity index (χ1) is 8.96. The molecule has 102 valence electrons. The van der Waals surface area contributed by atoms with E-state index >= 15 is 0 Å². The van der Waals surface area contributed by atoms with Crippen molar-refractivity contribution in [2.24, 2.45) is 0 Å². The number of amides is 1. The highest BCUT2D eigenvalue weighted by molar-refractivity contribution is 7.91. The van der Waals surface area contributed by atoms with E-state index in [1.165, 1.54) is 0 Å². The molecule has 1 saturated heterocycles. The maximum Gasteiger partial charge on any atom is 0.257 e. The Labute approximate surface area is 117 Å². The molecule has 0 aromatic heterocycles. The Morgan fingerprint density at radius 3 is 2.53 bits per heavy atom. The van der Waals surface area contributed by atoms with Gasteiger partial charge in [0.2, 0.25) is 0 Å². The zero-order valence-electron chi connectivity index (χ0n) is 10.1. The maximum absolute atomic E-state index is 11.8. The fourth-order valence-corrected chi connectivity index (χ4v) is 3.83. The van der Waals surface area contributed by atoms with Crippen molar-refractivity contribution < 1.29 is 13.2 Å². The van der Waals surface area contributed by atoms with E-state index < -0.39 is 9.84 Å². The Morgan fingerprint density at radius 2 is 1.95 bits per heavy atom. The second-order valence-corrected chi connectivity index (χ2v) is 7.03. The van der Waals surface area contributed by atoms with Crippen LogP contribution in [0.3, 0.4) is 0 Å². The van der Waals surface area contributed by atoms with Gasteiger partial charge in [0.05, 0.1) is 11.5 Å². The topological polar surface area (TPSA) is 75.3 Å². The lowest BCUT2D eigenvalue weighted by atomic mass is 10.2. The van der Waals surface area contributed by atoms with Crippen LogP contribution >= 0.6 is 12.2 Å². The van der Waals surface area contributed by atoms with Gasteiger partial charge in [0.25, 0.3) is 5.91 Å². The number of benzene rings is 1. The molecular formula is C12H14N2O3S2. The van der Waals surface area contributed by atoms with E-state index in [0.717, 1.165) is 0 Å². The van der Waals surface area contributed by atoms with Gasteiger partial charge in [-0.25, -0.2) is 8.42 Å². The van der Waals surface area contributed by atoms with Crippen molar-refractivity contribution in [2.45, 2.75) is 12.5 Å². The molecule has 2 rings (SSSR count). The van der Waals surface area contributed by atoms with Gasteiger partial charge in [-0.1, -0.05) is 18.2 Å². The van der Waals surface area contributed by atoms with Crippen molar-refractivity contribution in [2.75, 3.05) is 11.5 Å². The standard InChI is InChI=1S/C12H14N2O3S2/c15-11(9-4-2-1-3-5-9)14-12(18)13-10-6-7-19(16,17)8-10/h1-5,10H,6-8H2,(H2,13,14,15,18)/t10-/m1/s1. The largest absolute Gasteiger partial charge is 0.359 e. The third-order valence-corrected chi connectivity index (χ3v) is 4.82. The smallest absolute Gasteiger partial charge is 0.257 e. The van der Waals surface area contributed by atoms with Crippen LogP contribution in [0.15, 0.2) is 30.3 Å². The molecule has 0 unspecified atom stereocenters. The first-order valence-electron chi connectivity index (χ1n) is 5.83. The van der Waals surface area contributed by atoms with Gasteiger partial charge in [-0.2, -0.15) is 0 Å². The molecule has 0 bridgehead atoms. The van der Waals surface area contributed by atoms with Crippen LogP contribution in [-0.2, 0) is 9.84 Å². The second-order valence-electron chi connectivity index (χ2n) is 4.39. The van der Waals surface area contributed by atoms with Gasteiger partial charge in [-0.15, -0.1) is 0 Å². The molecule has 2 N–H and O–H groups in total. The van der Waals surface area contributed by atoms with Crippen LogP contribution in [0, 0.1) is 0 Å². The van der Waals surface area contributed by atoms with Crippen LogP contribution in [0.25, 0.3) is 0 Å². The highest BCUT2D eigenvalue weighted by Gasteiger charge is 2.28. The van der Waals surface area contributed by atoms with E-state index in [1.54, 1.807) is 24.3 Å². The average molecular weight is 298 g/mol. The van der Waals surface area contributed by atoms with Crippen molar-refractivity contribution in [1.29, 1.82) is 0 Å². The molecule has 1 heterocycles. The molecule has 1 aliphatic rings. The summed E-state index contributed by atoms with van der Waals surface area (Å²) in [5.74, 6) is -0.0761. The molecule has 0 radical (unpaired) electrons. The Balaban J connectivity index is 1.87. The molecule has 1 amide bonds. The van der Waals surface area contributed by atoms with Crippen molar-refractivity contribution in [3.63, 3.8) is 0 Å². The average Bonchev–Trinajstić information content (AvgIpc) is 2.69. The van der Waals surface area contributed by atoms with Gasteiger partial charge in [0.15, 0.2) is 14.9 Å². The van der Waals surface area contributed by atoms with Crippen LogP contribution in [-0.4, -0.2) is 37.0 Å². The molecule has 1 atom stereocenters. The van der Waals surface area contributed by atoms with Crippen LogP contribution in [0.2, 0.25) is 0 Å². The van der Waals surface area contributed by atoms with Crippen molar-refractivity contribution in [1.82, 2.24) is 10.6 Å². The molecule has 1 aromatic carbocycles. The van der Waals surface area contributed by atoms with E-state index in [0.29, 0.717) is 12.0 Å². The normalized spacial score (nSPS) is 20.7. The Kier molecular flexibility index (Phi) is 4.16. The van der Waals surface area contributed by atoms with E-state index in [2.05, 4.69) is 10.6 Å². The minimum Gasteiger partial charge on any atom is -0.359 e. The van der Waals surface area contributed by atoms with Gasteiger partial charge in [-0.05, 0) is 30.8 Å². The molecule has 19 heavy (non-hydrogen) atoms. The van der Waals surface area contributed by atoms with E-state index in [9.17, 15) is 13.2 Å². The van der Waals surface area contributed by atoms with Gasteiger partial charge in [0, 0.05) is 11.6 Å². The predicted molar refractivity (Wildman–Crippen MR) is 76.7 cm³/mol. The lowest BCUT2D eigenvalue weighted by Crippen LogP contribution is -2.44. The summed E-state index contributed by atoms with van der Waals surface area (Å²) in [6.07, 6.45) is 0.518. The van der Waals surface area contributed by atoms with Crippen LogP contribution in [0.4, 0.5) is 0 Å². The van der Waals surface area contributed by atoms with Gasteiger partial charge < -0.3 is 5.32 Å². The minimum absolute atomic E-state index is 0.0638. The fraction of sp³-hybridized carbons (Fsp3) is 0.333. The second kappa shape index (κ2) is 5.66. The quantitative estimate of drug-likeness (QED) is 0.777. The lowest BCUT2D eigenvalue weighted by molar-refractivity contribution is 0.0976. The highest BCUT2D eigenvalue weighted by Crippen LogP contribution is 2.11. The Morgan fingerprint density at radius 1 is 1.26 bits per heavy atom. The van der Waals surface area contributed by atoms with E-state index in [1.807, 2.05) is 6.07 Å². The van der Waals surface area contributed by atoms with Gasteiger partial charge in [0.1, 0.15) is 0 Å². The minimum atomic E-state index is -2.96. The third-order valence-electron chi connectivity index (χ3n) is 2.83. The summed E-state index contributed by atoms with van der Waals surface area (Å²) in [7, 11) is -2.96. The number of carbonyl (C=O) groups excluding carboxylic acids is 1. The molecule has 0 aliphatic carbocycles. The zero-order valence-corrected chi connectivity index (χ0v) is 11.8. The number of rotatable bonds is 2. The summed E-state index contributed by atoms with van der Waals surface area (Å²) < 4.78 is 22.6. The predicted octanol–water partition coefficient (Wildman–Crippen LogP) is 0.478. The molecule has 5 nitrogen and oxygen atoms in total. The van der Waals surface area contributed by atoms with E-state index in [4.69, 9.17) is 12.2 Å². The first kappa shape index (κ1) is 14.0. The number of carbonyl (C=O) groups is 1. The number of thiocarbonyl (C=S) groups is 1. The van der Waals surface area contributed by atoms with E-state index in [-0.39, 0.29) is 28.6 Å². The third kappa shape index (κ3) is 4.00. The monoisotopic (exact) mass is 298 g/mol. The summed E-state index contributed by atoms with van der Waals surface area (Å²) in [5.41, 5.74) is 0.505. The summed E-state index contributed by atoms with van der Waals surface area (Å²) >= 11 is 5.00. The molecule has 1 aliphatic heterocycles. The lowest BCUT2D eigenvalue weighted by Gasteiger charge is -2.13. The zero-order chi connectivity index (χ0) is 13.9. The summed E-state index contributed by atoms with van der Waals surface area (Å²) in [6.45, 7) is 0. The highest BCUT2D eigenvalue weighted by atomic mass is 32.2. The first-order valence-corrected chi connectivity index (χ1v) is 8.06. The van der Waals surface area contributed by atoms with Crippen LogP contribution < -0.4 is 10.6 Å².